The van der Waals surface area contributed by atoms with Crippen LogP contribution in [0, 0.1) is 5.92 Å². The maximum atomic E-state index is 4.24. The van der Waals surface area contributed by atoms with E-state index in [2.05, 4.69) is 35.7 Å². The lowest BCUT2D eigenvalue weighted by molar-refractivity contribution is 0.641. The van der Waals surface area contributed by atoms with Crippen LogP contribution in [0.4, 0.5) is 0 Å². The minimum atomic E-state index is 0.412. The fraction of sp³-hybridized carbons (Fsp3) is 0.250. The van der Waals surface area contributed by atoms with E-state index in [9.17, 15) is 0 Å². The van der Waals surface area contributed by atoms with Crippen molar-refractivity contribution in [2.45, 2.75) is 6.04 Å². The first kappa shape index (κ1) is 4.86. The summed E-state index contributed by atoms with van der Waals surface area (Å²) in [4.78, 5) is 0. The van der Waals surface area contributed by atoms with Crippen molar-refractivity contribution >= 4 is 0 Å². The van der Waals surface area contributed by atoms with Gasteiger partial charge in [0.25, 0.3) is 0 Å². The van der Waals surface area contributed by atoms with Gasteiger partial charge in [-0.25, -0.2) is 0 Å². The van der Waals surface area contributed by atoms with Gasteiger partial charge < -0.3 is 0 Å². The van der Waals surface area contributed by atoms with Gasteiger partial charge in [0.1, 0.15) is 0 Å². The third-order valence-electron chi connectivity index (χ3n) is 1.71. The molecule has 1 heterocycles. The molecule has 0 aromatic heterocycles. The highest BCUT2D eigenvalue weighted by molar-refractivity contribution is 5.24. The Balaban J connectivity index is 2.25. The molecule has 0 N–H and O–H groups in total. The second kappa shape index (κ2) is 1.76. The molecule has 1 radical (unpaired) electrons. The van der Waals surface area contributed by atoms with Crippen LogP contribution in [0.3, 0.4) is 0 Å². The molecule has 1 nitrogen and oxygen atoms in total. The maximum absolute atomic E-state index is 4.24. The summed E-state index contributed by atoms with van der Waals surface area (Å²) in [5, 5.41) is 4.24. The zero-order valence-electron chi connectivity index (χ0n) is 5.07. The van der Waals surface area contributed by atoms with Gasteiger partial charge in [-0.2, -0.15) is 0 Å². The molecule has 2 unspecified atom stereocenters. The number of hydrogen-bond acceptors (Lipinski definition) is 0. The summed E-state index contributed by atoms with van der Waals surface area (Å²) in [6, 6.07) is 0.412. The van der Waals surface area contributed by atoms with E-state index in [4.69, 9.17) is 0 Å². The standard InChI is InChI=1S/C8H8N/c1-2-4-8-7(3-1)5-6-9-8/h1-8H. The maximum Gasteiger partial charge on any atom is 0.0780 e. The van der Waals surface area contributed by atoms with Crippen molar-refractivity contribution in [3.63, 3.8) is 0 Å². The van der Waals surface area contributed by atoms with Crippen LogP contribution in [-0.4, -0.2) is 6.04 Å². The lowest BCUT2D eigenvalue weighted by Crippen LogP contribution is -2.18. The third kappa shape index (κ3) is 0.689. The largest absolute Gasteiger partial charge is 0.285 e. The summed E-state index contributed by atoms with van der Waals surface area (Å²) in [7, 11) is 0. The van der Waals surface area contributed by atoms with Gasteiger partial charge in [-0.1, -0.05) is 30.4 Å². The summed E-state index contributed by atoms with van der Waals surface area (Å²) in [6.07, 6.45) is 12.5. The molecule has 0 saturated heterocycles. The zero-order chi connectivity index (χ0) is 6.10. The second-order valence-corrected chi connectivity index (χ2v) is 2.33. The van der Waals surface area contributed by atoms with Crippen molar-refractivity contribution in [2.24, 2.45) is 5.92 Å². The predicted molar refractivity (Wildman–Crippen MR) is 36.8 cm³/mol. The van der Waals surface area contributed by atoms with Crippen LogP contribution in [0.1, 0.15) is 0 Å². The number of allylic oxidation sites excluding steroid dienone is 2. The Labute approximate surface area is 54.8 Å². The summed E-state index contributed by atoms with van der Waals surface area (Å²) in [5.41, 5.74) is 0. The Kier molecular flexibility index (Phi) is 0.950. The normalized spacial score (nSPS) is 36.4. The molecule has 0 aromatic carbocycles. The second-order valence-electron chi connectivity index (χ2n) is 2.33. The van der Waals surface area contributed by atoms with Gasteiger partial charge in [0.05, 0.1) is 6.04 Å². The van der Waals surface area contributed by atoms with Crippen LogP contribution in [-0.2, 0) is 0 Å². The molecule has 0 aromatic rings. The van der Waals surface area contributed by atoms with E-state index in [1.165, 1.54) is 0 Å². The van der Waals surface area contributed by atoms with Gasteiger partial charge >= 0.3 is 0 Å². The minimum Gasteiger partial charge on any atom is -0.285 e. The Bertz CT molecular complexity index is 189. The van der Waals surface area contributed by atoms with Crippen LogP contribution in [0.5, 0.6) is 0 Å². The lowest BCUT2D eigenvalue weighted by atomic mass is 9.98. The lowest BCUT2D eigenvalue weighted by Gasteiger charge is -2.12. The highest BCUT2D eigenvalue weighted by Gasteiger charge is 2.19. The smallest absolute Gasteiger partial charge is 0.0780 e. The van der Waals surface area contributed by atoms with Crippen molar-refractivity contribution < 1.29 is 0 Å². The predicted octanol–water partition coefficient (Wildman–Crippen LogP) is 1.23. The highest BCUT2D eigenvalue weighted by atomic mass is 14.9. The first-order valence-corrected chi connectivity index (χ1v) is 3.18. The topological polar surface area (TPSA) is 14.1 Å². The van der Waals surface area contributed by atoms with E-state index in [0.29, 0.717) is 12.0 Å². The Hall–Kier alpha value is -0.980. The molecule has 2 aliphatic rings. The van der Waals surface area contributed by atoms with Crippen molar-refractivity contribution in [3.8, 4) is 0 Å². The van der Waals surface area contributed by atoms with E-state index in [0.717, 1.165) is 0 Å². The average molecular weight is 118 g/mol. The van der Waals surface area contributed by atoms with Crippen LogP contribution < -0.4 is 5.32 Å². The van der Waals surface area contributed by atoms with Crippen molar-refractivity contribution in [2.75, 3.05) is 0 Å². The van der Waals surface area contributed by atoms with E-state index in [1.54, 1.807) is 0 Å². The third-order valence-corrected chi connectivity index (χ3v) is 1.71. The van der Waals surface area contributed by atoms with Gasteiger partial charge in [-0.05, 0) is 0 Å². The van der Waals surface area contributed by atoms with Crippen LogP contribution >= 0.6 is 0 Å². The number of hydrogen-bond donors (Lipinski definition) is 0. The summed E-state index contributed by atoms with van der Waals surface area (Å²) in [6.45, 7) is 0. The number of fused-ring (bicyclic) bond motifs is 1. The van der Waals surface area contributed by atoms with Gasteiger partial charge in [-0.3, -0.25) is 5.32 Å². The van der Waals surface area contributed by atoms with Crippen molar-refractivity contribution in [1.82, 2.24) is 5.32 Å². The molecule has 2 atom stereocenters. The van der Waals surface area contributed by atoms with E-state index >= 15 is 0 Å². The molecule has 45 valence electrons. The number of rotatable bonds is 0. The minimum absolute atomic E-state index is 0.412. The zero-order valence-corrected chi connectivity index (χ0v) is 5.07. The van der Waals surface area contributed by atoms with E-state index in [-0.39, 0.29) is 0 Å². The average Bonchev–Trinajstić information content (AvgIpc) is 2.33. The quantitative estimate of drug-likeness (QED) is 0.454. The van der Waals surface area contributed by atoms with Gasteiger partial charge in [-0.15, -0.1) is 0 Å². The molecule has 0 saturated carbocycles. The monoisotopic (exact) mass is 118 g/mol. The Morgan fingerprint density at radius 1 is 1.00 bits per heavy atom. The molecule has 0 amide bonds. The van der Waals surface area contributed by atoms with Crippen LogP contribution in [0.15, 0.2) is 36.6 Å². The van der Waals surface area contributed by atoms with Crippen molar-refractivity contribution in [3.05, 3.63) is 36.6 Å². The molecule has 1 aliphatic carbocycles. The first-order chi connectivity index (χ1) is 4.47. The van der Waals surface area contributed by atoms with Gasteiger partial charge in [0.2, 0.25) is 0 Å². The first-order valence-electron chi connectivity index (χ1n) is 3.18. The number of nitrogens with zero attached hydrogens (tertiary/aromatic N) is 1. The van der Waals surface area contributed by atoms with Gasteiger partial charge in [0.15, 0.2) is 0 Å². The SMILES string of the molecule is C1=CC2C=C[N]C2C=C1. The molecule has 9 heavy (non-hydrogen) atoms. The highest BCUT2D eigenvalue weighted by Crippen LogP contribution is 2.19. The Morgan fingerprint density at radius 3 is 2.78 bits per heavy atom. The molecule has 0 spiro atoms. The molecule has 1 aliphatic heterocycles. The fourth-order valence-corrected chi connectivity index (χ4v) is 1.19. The van der Waals surface area contributed by atoms with E-state index < -0.39 is 0 Å². The fourth-order valence-electron chi connectivity index (χ4n) is 1.19. The van der Waals surface area contributed by atoms with Gasteiger partial charge in [0, 0.05) is 12.1 Å². The van der Waals surface area contributed by atoms with Crippen molar-refractivity contribution in [1.29, 1.82) is 0 Å². The molecular formula is C8H8N. The summed E-state index contributed by atoms with van der Waals surface area (Å²) < 4.78 is 0. The van der Waals surface area contributed by atoms with Crippen LogP contribution in [0.25, 0.3) is 0 Å². The molecule has 0 bridgehead atoms. The molecule has 2 rings (SSSR count). The van der Waals surface area contributed by atoms with Crippen LogP contribution in [0.2, 0.25) is 0 Å². The summed E-state index contributed by atoms with van der Waals surface area (Å²) >= 11 is 0. The molecule has 1 heteroatoms. The molecular weight excluding hydrogens is 110 g/mol. The Morgan fingerprint density at radius 2 is 1.89 bits per heavy atom. The summed E-state index contributed by atoms with van der Waals surface area (Å²) in [5.74, 6) is 0.551. The van der Waals surface area contributed by atoms with E-state index in [1.807, 2.05) is 6.20 Å². The molecule has 0 fully saturated rings.